The topological polar surface area (TPSA) is 67.4 Å². The standard InChI is InChI=1S/C21H24N2O3/c1-4-26-18-11-8-17(9-12-18)10-13-19(24)22-14-20(25)23-21-15(2)6-5-7-16(21)3/h5-13H,4,14H2,1-3H3,(H,22,24)(H,23,25)/b13-10+. The van der Waals surface area contributed by atoms with Crippen LogP contribution >= 0.6 is 0 Å². The van der Waals surface area contributed by atoms with Crippen LogP contribution in [0.5, 0.6) is 5.75 Å². The molecular weight excluding hydrogens is 328 g/mol. The van der Waals surface area contributed by atoms with Crippen LogP contribution < -0.4 is 15.4 Å². The van der Waals surface area contributed by atoms with Gasteiger partial charge in [-0.05, 0) is 55.7 Å². The molecule has 2 N–H and O–H groups in total. The van der Waals surface area contributed by atoms with Crippen LogP contribution in [0.25, 0.3) is 6.08 Å². The van der Waals surface area contributed by atoms with E-state index in [1.807, 2.05) is 63.2 Å². The van der Waals surface area contributed by atoms with E-state index in [0.29, 0.717) is 6.61 Å². The van der Waals surface area contributed by atoms with Crippen molar-refractivity contribution in [2.24, 2.45) is 0 Å². The van der Waals surface area contributed by atoms with Crippen LogP contribution in [0.3, 0.4) is 0 Å². The molecule has 0 heterocycles. The quantitative estimate of drug-likeness (QED) is 0.750. The Morgan fingerprint density at radius 3 is 2.31 bits per heavy atom. The van der Waals surface area contributed by atoms with Gasteiger partial charge in [0.25, 0.3) is 0 Å². The summed E-state index contributed by atoms with van der Waals surface area (Å²) in [7, 11) is 0. The van der Waals surface area contributed by atoms with E-state index < -0.39 is 0 Å². The Balaban J connectivity index is 1.83. The van der Waals surface area contributed by atoms with Crippen LogP contribution in [-0.2, 0) is 9.59 Å². The second kappa shape index (κ2) is 9.42. The average molecular weight is 352 g/mol. The minimum Gasteiger partial charge on any atom is -0.494 e. The molecule has 0 saturated heterocycles. The maximum Gasteiger partial charge on any atom is 0.244 e. The number of nitrogens with one attached hydrogen (secondary N) is 2. The Hall–Kier alpha value is -3.08. The number of hydrogen-bond donors (Lipinski definition) is 2. The van der Waals surface area contributed by atoms with Crippen molar-refractivity contribution in [3.63, 3.8) is 0 Å². The maximum atomic E-state index is 12.0. The van der Waals surface area contributed by atoms with Gasteiger partial charge in [-0.1, -0.05) is 30.3 Å². The third-order valence-corrected chi connectivity index (χ3v) is 3.79. The molecule has 5 nitrogen and oxygen atoms in total. The predicted molar refractivity (Wildman–Crippen MR) is 104 cm³/mol. The van der Waals surface area contributed by atoms with Crippen molar-refractivity contribution < 1.29 is 14.3 Å². The zero-order valence-electron chi connectivity index (χ0n) is 15.3. The highest BCUT2D eigenvalue weighted by Crippen LogP contribution is 2.19. The van der Waals surface area contributed by atoms with Crippen LogP contribution in [0.1, 0.15) is 23.6 Å². The monoisotopic (exact) mass is 352 g/mol. The van der Waals surface area contributed by atoms with Crippen LogP contribution in [0.15, 0.2) is 48.5 Å². The summed E-state index contributed by atoms with van der Waals surface area (Å²) in [5.41, 5.74) is 3.64. The van der Waals surface area contributed by atoms with Crippen LogP contribution in [0.4, 0.5) is 5.69 Å². The maximum absolute atomic E-state index is 12.0. The molecule has 2 aromatic carbocycles. The Morgan fingerprint density at radius 2 is 1.69 bits per heavy atom. The number of aryl methyl sites for hydroxylation is 2. The highest BCUT2D eigenvalue weighted by Gasteiger charge is 2.07. The molecule has 0 aliphatic heterocycles. The molecule has 136 valence electrons. The van der Waals surface area contributed by atoms with Crippen LogP contribution in [-0.4, -0.2) is 25.0 Å². The molecule has 0 atom stereocenters. The van der Waals surface area contributed by atoms with Gasteiger partial charge < -0.3 is 15.4 Å². The molecule has 2 aromatic rings. The summed E-state index contributed by atoms with van der Waals surface area (Å²) in [4.78, 5) is 23.9. The largest absolute Gasteiger partial charge is 0.494 e. The number of anilines is 1. The highest BCUT2D eigenvalue weighted by atomic mass is 16.5. The Labute approximate surface area is 154 Å². The van der Waals surface area contributed by atoms with E-state index in [4.69, 9.17) is 4.74 Å². The fourth-order valence-electron chi connectivity index (χ4n) is 2.44. The molecule has 0 aliphatic carbocycles. The average Bonchev–Trinajstić information content (AvgIpc) is 2.63. The van der Waals surface area contributed by atoms with Gasteiger partial charge in [0.1, 0.15) is 5.75 Å². The van der Waals surface area contributed by atoms with Gasteiger partial charge in [-0.3, -0.25) is 9.59 Å². The summed E-state index contributed by atoms with van der Waals surface area (Å²) < 4.78 is 5.37. The molecule has 0 saturated carbocycles. The number of carbonyl (C=O) groups is 2. The number of carbonyl (C=O) groups excluding carboxylic acids is 2. The third-order valence-electron chi connectivity index (χ3n) is 3.79. The lowest BCUT2D eigenvalue weighted by Crippen LogP contribution is -2.32. The summed E-state index contributed by atoms with van der Waals surface area (Å²) in [5.74, 6) is 0.207. The van der Waals surface area contributed by atoms with Gasteiger partial charge in [-0.25, -0.2) is 0 Å². The summed E-state index contributed by atoms with van der Waals surface area (Å²) in [6, 6.07) is 13.2. The fraction of sp³-hybridized carbons (Fsp3) is 0.238. The van der Waals surface area contributed by atoms with Crippen molar-refractivity contribution in [1.29, 1.82) is 0 Å². The van der Waals surface area contributed by atoms with Gasteiger partial charge in [-0.2, -0.15) is 0 Å². The summed E-state index contributed by atoms with van der Waals surface area (Å²) in [6.45, 7) is 6.32. The first-order valence-corrected chi connectivity index (χ1v) is 8.54. The first-order valence-electron chi connectivity index (χ1n) is 8.54. The summed E-state index contributed by atoms with van der Waals surface area (Å²) in [5, 5.41) is 5.42. The second-order valence-electron chi connectivity index (χ2n) is 5.87. The normalized spacial score (nSPS) is 10.6. The molecule has 0 spiro atoms. The molecule has 2 rings (SSSR count). The van der Waals surface area contributed by atoms with E-state index >= 15 is 0 Å². The minimum absolute atomic E-state index is 0.0831. The lowest BCUT2D eigenvalue weighted by atomic mass is 10.1. The first kappa shape index (κ1) is 19.2. The van der Waals surface area contributed by atoms with Gasteiger partial charge in [0.05, 0.1) is 13.2 Å². The molecule has 5 heteroatoms. The van der Waals surface area contributed by atoms with Gasteiger partial charge in [0.2, 0.25) is 11.8 Å². The molecule has 0 aromatic heterocycles. The Bertz CT molecular complexity index is 775. The number of para-hydroxylation sites is 1. The van der Waals surface area contributed by atoms with Gasteiger partial charge >= 0.3 is 0 Å². The molecule has 0 aliphatic rings. The highest BCUT2D eigenvalue weighted by molar-refractivity contribution is 5.98. The lowest BCUT2D eigenvalue weighted by molar-refractivity contribution is -0.121. The zero-order chi connectivity index (χ0) is 18.9. The third kappa shape index (κ3) is 5.77. The van der Waals surface area contributed by atoms with E-state index in [0.717, 1.165) is 28.1 Å². The van der Waals surface area contributed by atoms with E-state index in [-0.39, 0.29) is 18.4 Å². The van der Waals surface area contributed by atoms with E-state index in [9.17, 15) is 9.59 Å². The smallest absolute Gasteiger partial charge is 0.244 e. The van der Waals surface area contributed by atoms with Gasteiger partial charge in [0, 0.05) is 11.8 Å². The number of ether oxygens (including phenoxy) is 1. The van der Waals surface area contributed by atoms with Crippen molar-refractivity contribution in [2.75, 3.05) is 18.5 Å². The van der Waals surface area contributed by atoms with Crippen LogP contribution in [0, 0.1) is 13.8 Å². The minimum atomic E-state index is -0.324. The van der Waals surface area contributed by atoms with Gasteiger partial charge in [-0.15, -0.1) is 0 Å². The Kier molecular flexibility index (Phi) is 6.97. The SMILES string of the molecule is CCOc1ccc(/C=C/C(=O)NCC(=O)Nc2c(C)cccc2C)cc1. The molecule has 0 fully saturated rings. The van der Waals surface area contributed by atoms with Crippen molar-refractivity contribution in [1.82, 2.24) is 5.32 Å². The number of hydrogen-bond acceptors (Lipinski definition) is 3. The van der Waals surface area contributed by atoms with Crippen molar-refractivity contribution in [3.8, 4) is 5.75 Å². The van der Waals surface area contributed by atoms with Gasteiger partial charge in [0.15, 0.2) is 0 Å². The molecule has 0 unspecified atom stereocenters. The van der Waals surface area contributed by atoms with Crippen molar-refractivity contribution in [2.45, 2.75) is 20.8 Å². The lowest BCUT2D eigenvalue weighted by Gasteiger charge is -2.11. The summed E-state index contributed by atoms with van der Waals surface area (Å²) >= 11 is 0. The predicted octanol–water partition coefficient (Wildman–Crippen LogP) is 3.47. The Morgan fingerprint density at radius 1 is 1.04 bits per heavy atom. The number of rotatable bonds is 7. The first-order chi connectivity index (χ1) is 12.5. The fourth-order valence-corrected chi connectivity index (χ4v) is 2.44. The molecule has 0 radical (unpaired) electrons. The molecular formula is C21H24N2O3. The number of benzene rings is 2. The molecule has 26 heavy (non-hydrogen) atoms. The van der Waals surface area contributed by atoms with E-state index in [2.05, 4.69) is 10.6 Å². The van der Waals surface area contributed by atoms with Crippen LogP contribution in [0.2, 0.25) is 0 Å². The van der Waals surface area contributed by atoms with Crippen molar-refractivity contribution in [3.05, 3.63) is 65.2 Å². The van der Waals surface area contributed by atoms with E-state index in [1.54, 1.807) is 6.08 Å². The number of amides is 2. The molecule has 2 amide bonds. The summed E-state index contributed by atoms with van der Waals surface area (Å²) in [6.07, 6.45) is 3.09. The van der Waals surface area contributed by atoms with Crippen molar-refractivity contribution >= 4 is 23.6 Å². The second-order valence-corrected chi connectivity index (χ2v) is 5.87. The van der Waals surface area contributed by atoms with E-state index in [1.165, 1.54) is 6.08 Å². The zero-order valence-corrected chi connectivity index (χ0v) is 15.3. The molecule has 0 bridgehead atoms.